The van der Waals surface area contributed by atoms with Crippen LogP contribution in [0.15, 0.2) is 59.2 Å². The Morgan fingerprint density at radius 1 is 1.08 bits per heavy atom. The minimum Gasteiger partial charge on any atom is -0.464 e. The average Bonchev–Trinajstić information content (AvgIpc) is 3.20. The molecule has 0 aliphatic carbocycles. The second-order valence-electron chi connectivity index (χ2n) is 7.17. The standard InChI is InChI=1S/C21H24N2O2/c1-22(2)19-13-23(14-20(19)24)12-15-4-3-5-16(10-15)17-6-7-21-18(11-17)8-9-25-21/h3-11,19-20,24H,12-14H2,1-2H3/t19-,20-/m0/s1. The first kappa shape index (κ1) is 16.3. The highest BCUT2D eigenvalue weighted by Crippen LogP contribution is 2.26. The Morgan fingerprint density at radius 2 is 1.92 bits per heavy atom. The van der Waals surface area contributed by atoms with Crippen LogP contribution in [0, 0.1) is 0 Å². The Bertz CT molecular complexity index is 871. The summed E-state index contributed by atoms with van der Waals surface area (Å²) in [5.74, 6) is 0. The second kappa shape index (κ2) is 6.64. The van der Waals surface area contributed by atoms with Crippen molar-refractivity contribution in [3.8, 4) is 11.1 Å². The molecule has 2 atom stereocenters. The fourth-order valence-electron chi connectivity index (χ4n) is 3.74. The van der Waals surface area contributed by atoms with E-state index < -0.39 is 0 Å². The van der Waals surface area contributed by atoms with Crippen LogP contribution in [0.5, 0.6) is 0 Å². The van der Waals surface area contributed by atoms with Gasteiger partial charge in [-0.2, -0.15) is 0 Å². The Balaban J connectivity index is 1.53. The maximum Gasteiger partial charge on any atom is 0.133 e. The van der Waals surface area contributed by atoms with Crippen molar-refractivity contribution in [3.63, 3.8) is 0 Å². The number of likely N-dealkylation sites (tertiary alicyclic amines) is 1. The SMILES string of the molecule is CN(C)[C@H]1CN(Cc2cccc(-c3ccc4occc4c3)c2)C[C@@H]1O. The van der Waals surface area contributed by atoms with E-state index in [1.165, 1.54) is 16.7 Å². The van der Waals surface area contributed by atoms with Crippen LogP contribution < -0.4 is 0 Å². The third kappa shape index (κ3) is 3.33. The second-order valence-corrected chi connectivity index (χ2v) is 7.17. The van der Waals surface area contributed by atoms with Gasteiger partial charge in [0.2, 0.25) is 0 Å². The van der Waals surface area contributed by atoms with Gasteiger partial charge in [-0.05, 0) is 55.1 Å². The number of nitrogens with zero attached hydrogens (tertiary/aromatic N) is 2. The first-order chi connectivity index (χ1) is 12.1. The normalized spacial score (nSPS) is 21.4. The lowest BCUT2D eigenvalue weighted by atomic mass is 10.0. The van der Waals surface area contributed by atoms with Crippen LogP contribution in [-0.4, -0.2) is 54.2 Å². The van der Waals surface area contributed by atoms with Gasteiger partial charge in [-0.15, -0.1) is 0 Å². The monoisotopic (exact) mass is 336 g/mol. The Kier molecular flexibility index (Phi) is 4.34. The molecular weight excluding hydrogens is 312 g/mol. The van der Waals surface area contributed by atoms with Gasteiger partial charge in [0.1, 0.15) is 5.58 Å². The topological polar surface area (TPSA) is 39.9 Å². The number of aliphatic hydroxyl groups excluding tert-OH is 1. The van der Waals surface area contributed by atoms with E-state index in [1.807, 2.05) is 26.2 Å². The third-order valence-corrected chi connectivity index (χ3v) is 5.12. The van der Waals surface area contributed by atoms with Gasteiger partial charge < -0.3 is 14.4 Å². The first-order valence-corrected chi connectivity index (χ1v) is 8.73. The van der Waals surface area contributed by atoms with Crippen molar-refractivity contribution < 1.29 is 9.52 Å². The molecule has 1 aromatic heterocycles. The molecule has 4 rings (SSSR count). The number of furan rings is 1. The van der Waals surface area contributed by atoms with E-state index in [0.29, 0.717) is 0 Å². The van der Waals surface area contributed by atoms with Crippen LogP contribution in [-0.2, 0) is 6.54 Å². The summed E-state index contributed by atoms with van der Waals surface area (Å²) in [6.07, 6.45) is 1.45. The van der Waals surface area contributed by atoms with Crippen LogP contribution in [0.4, 0.5) is 0 Å². The molecular formula is C21H24N2O2. The van der Waals surface area contributed by atoms with Crippen molar-refractivity contribution in [3.05, 3.63) is 60.4 Å². The van der Waals surface area contributed by atoms with E-state index in [2.05, 4.69) is 46.2 Å². The van der Waals surface area contributed by atoms with Crippen LogP contribution in [0.25, 0.3) is 22.1 Å². The predicted octanol–water partition coefficient (Wildman–Crippen LogP) is 3.21. The molecule has 3 aromatic rings. The number of benzene rings is 2. The lowest BCUT2D eigenvalue weighted by molar-refractivity contribution is 0.112. The summed E-state index contributed by atoms with van der Waals surface area (Å²) in [6, 6.07) is 17.2. The van der Waals surface area contributed by atoms with Crippen LogP contribution in [0.3, 0.4) is 0 Å². The molecule has 1 aliphatic rings. The Morgan fingerprint density at radius 3 is 2.72 bits per heavy atom. The van der Waals surface area contributed by atoms with Crippen molar-refractivity contribution in [2.24, 2.45) is 0 Å². The highest BCUT2D eigenvalue weighted by molar-refractivity contribution is 5.83. The Hall–Kier alpha value is -2.14. The van der Waals surface area contributed by atoms with Gasteiger partial charge in [0, 0.05) is 31.1 Å². The molecule has 1 fully saturated rings. The van der Waals surface area contributed by atoms with Gasteiger partial charge in [0.15, 0.2) is 0 Å². The maximum absolute atomic E-state index is 10.2. The molecule has 1 saturated heterocycles. The summed E-state index contributed by atoms with van der Waals surface area (Å²) in [4.78, 5) is 4.44. The smallest absolute Gasteiger partial charge is 0.133 e. The van der Waals surface area contributed by atoms with Gasteiger partial charge in [0.25, 0.3) is 0 Å². The molecule has 0 unspecified atom stereocenters. The minimum atomic E-state index is -0.276. The number of β-amino-alcohol motifs (C(OH)–C–C–N with tert-alkyl or cyclic N) is 1. The number of likely N-dealkylation sites (N-methyl/N-ethyl adjacent to an activating group) is 1. The van der Waals surface area contributed by atoms with Crippen molar-refractivity contribution in [2.45, 2.75) is 18.7 Å². The largest absolute Gasteiger partial charge is 0.464 e. The molecule has 130 valence electrons. The molecule has 0 amide bonds. The van der Waals surface area contributed by atoms with Crippen molar-refractivity contribution >= 4 is 11.0 Å². The van der Waals surface area contributed by atoms with Crippen molar-refractivity contribution in [1.29, 1.82) is 0 Å². The van der Waals surface area contributed by atoms with E-state index in [-0.39, 0.29) is 12.1 Å². The summed E-state index contributed by atoms with van der Waals surface area (Å²) >= 11 is 0. The Labute approximate surface area is 148 Å². The quantitative estimate of drug-likeness (QED) is 0.794. The van der Waals surface area contributed by atoms with Gasteiger partial charge in [-0.25, -0.2) is 0 Å². The van der Waals surface area contributed by atoms with E-state index in [4.69, 9.17) is 4.42 Å². The van der Waals surface area contributed by atoms with Gasteiger partial charge in [-0.3, -0.25) is 4.90 Å². The lowest BCUT2D eigenvalue weighted by Gasteiger charge is -2.21. The number of rotatable bonds is 4. The first-order valence-electron chi connectivity index (χ1n) is 8.73. The summed E-state index contributed by atoms with van der Waals surface area (Å²) in [5, 5.41) is 11.4. The molecule has 0 radical (unpaired) electrons. The van der Waals surface area contributed by atoms with Gasteiger partial charge in [-0.1, -0.05) is 24.3 Å². The number of fused-ring (bicyclic) bond motifs is 1. The maximum atomic E-state index is 10.2. The average molecular weight is 336 g/mol. The molecule has 4 nitrogen and oxygen atoms in total. The molecule has 0 saturated carbocycles. The summed E-state index contributed by atoms with van der Waals surface area (Å²) in [5.41, 5.74) is 4.60. The van der Waals surface area contributed by atoms with Gasteiger partial charge in [0.05, 0.1) is 12.4 Å². The fourth-order valence-corrected chi connectivity index (χ4v) is 3.74. The summed E-state index contributed by atoms with van der Waals surface area (Å²) < 4.78 is 5.43. The van der Waals surface area contributed by atoms with Crippen molar-refractivity contribution in [1.82, 2.24) is 9.80 Å². The number of aliphatic hydroxyl groups is 1. The number of hydrogen-bond acceptors (Lipinski definition) is 4. The van der Waals surface area contributed by atoms with Crippen molar-refractivity contribution in [2.75, 3.05) is 27.2 Å². The molecule has 4 heteroatoms. The third-order valence-electron chi connectivity index (χ3n) is 5.12. The zero-order chi connectivity index (χ0) is 17.4. The van der Waals surface area contributed by atoms with E-state index in [0.717, 1.165) is 30.6 Å². The fraction of sp³-hybridized carbons (Fsp3) is 0.333. The highest BCUT2D eigenvalue weighted by Gasteiger charge is 2.32. The van der Waals surface area contributed by atoms with Crippen LogP contribution in [0.2, 0.25) is 0 Å². The van der Waals surface area contributed by atoms with Crippen LogP contribution in [0.1, 0.15) is 5.56 Å². The van der Waals surface area contributed by atoms with E-state index in [9.17, 15) is 5.11 Å². The zero-order valence-electron chi connectivity index (χ0n) is 14.7. The van der Waals surface area contributed by atoms with E-state index >= 15 is 0 Å². The van der Waals surface area contributed by atoms with Gasteiger partial charge >= 0.3 is 0 Å². The van der Waals surface area contributed by atoms with E-state index in [1.54, 1.807) is 6.26 Å². The molecule has 0 bridgehead atoms. The zero-order valence-corrected chi connectivity index (χ0v) is 14.7. The predicted molar refractivity (Wildman–Crippen MR) is 100 cm³/mol. The molecule has 1 aliphatic heterocycles. The summed E-state index contributed by atoms with van der Waals surface area (Å²) in [6.45, 7) is 2.50. The molecule has 1 N–H and O–H groups in total. The molecule has 0 spiro atoms. The summed E-state index contributed by atoms with van der Waals surface area (Å²) in [7, 11) is 4.06. The molecule has 2 heterocycles. The molecule has 25 heavy (non-hydrogen) atoms. The number of hydrogen-bond donors (Lipinski definition) is 1. The van der Waals surface area contributed by atoms with Crippen LogP contribution >= 0.6 is 0 Å². The highest BCUT2D eigenvalue weighted by atomic mass is 16.3. The minimum absolute atomic E-state index is 0.215. The molecule has 2 aromatic carbocycles. The lowest BCUT2D eigenvalue weighted by Crippen LogP contribution is -2.37.